The molecule has 5 atom stereocenters. The zero-order chi connectivity index (χ0) is 68.3. The molecule has 14 aliphatic carbocycles. The van der Waals surface area contributed by atoms with Gasteiger partial charge in [-0.3, -0.25) is 19.3 Å². The fraction of sp³-hybridized carbons (Fsp3) is 0.766. The fourth-order valence-corrected chi connectivity index (χ4v) is 20.1. The number of β-lactam (4-membered cyclic amide) rings is 1. The largest absolute Gasteiger partial charge is 0.463 e. The smallest absolute Gasteiger partial charge is 0.347 e. The molecule has 16 heteroatoms. The number of aliphatic hydroxyl groups is 1. The number of ether oxygens (including phenoxy) is 6. The molecule has 14 saturated carbocycles. The number of carbonyl (C=O) groups is 8. The van der Waals surface area contributed by atoms with Crippen molar-refractivity contribution < 1.29 is 71.9 Å². The third-order valence-corrected chi connectivity index (χ3v) is 23.9. The van der Waals surface area contributed by atoms with Gasteiger partial charge in [-0.1, -0.05) is 87.3 Å². The Morgan fingerprint density at radius 1 is 0.548 bits per heavy atom. The average Bonchev–Trinajstić information content (AvgIpc) is 1.28. The molecule has 0 aromatic carbocycles. The first-order valence-corrected chi connectivity index (χ1v) is 35.9. The fourth-order valence-electron chi connectivity index (χ4n) is 20.1. The number of hydrogen-bond acceptors (Lipinski definition) is 15. The highest BCUT2D eigenvalue weighted by Gasteiger charge is 2.63. The van der Waals surface area contributed by atoms with E-state index in [-0.39, 0.29) is 76.3 Å². The predicted octanol–water partition coefficient (Wildman–Crippen LogP) is 14.7. The van der Waals surface area contributed by atoms with Crippen molar-refractivity contribution in [1.29, 1.82) is 0 Å². The molecule has 16 rings (SSSR count). The van der Waals surface area contributed by atoms with E-state index in [0.29, 0.717) is 88.7 Å². The highest BCUT2D eigenvalue weighted by Crippen LogP contribution is 2.63. The van der Waals surface area contributed by atoms with Gasteiger partial charge in [0.05, 0.1) is 30.1 Å². The molecule has 0 radical (unpaired) electrons. The van der Waals surface area contributed by atoms with Crippen LogP contribution in [0, 0.1) is 76.9 Å². The highest BCUT2D eigenvalue weighted by atomic mass is 16.6. The van der Waals surface area contributed by atoms with Crippen molar-refractivity contribution in [2.45, 2.75) is 290 Å². The number of amides is 2. The number of cyclic esters (lactones) is 1. The monoisotopic (exact) mass is 1290 g/mol. The van der Waals surface area contributed by atoms with Crippen molar-refractivity contribution in [3.05, 3.63) is 60.8 Å². The van der Waals surface area contributed by atoms with Gasteiger partial charge in [0.2, 0.25) is 12.0 Å². The normalized spacial score (nSPS) is 36.5. The van der Waals surface area contributed by atoms with Crippen molar-refractivity contribution in [1.82, 2.24) is 4.90 Å². The summed E-state index contributed by atoms with van der Waals surface area (Å²) in [7, 11) is 0. The van der Waals surface area contributed by atoms with Crippen molar-refractivity contribution in [2.24, 2.45) is 76.9 Å². The van der Waals surface area contributed by atoms with Crippen molar-refractivity contribution in [3.63, 3.8) is 0 Å². The molecule has 1 N–H and O–H groups in total. The van der Waals surface area contributed by atoms with E-state index in [1.54, 1.807) is 48.5 Å². The lowest BCUT2D eigenvalue weighted by Gasteiger charge is -2.61. The number of nitrogens with zero attached hydrogens (tertiary/aromatic N) is 1. The lowest BCUT2D eigenvalue weighted by atomic mass is 9.47. The molecule has 2 aliphatic heterocycles. The Labute approximate surface area is 556 Å². The number of imide groups is 1. The maximum Gasteiger partial charge on any atom is 0.347 e. The van der Waals surface area contributed by atoms with E-state index in [0.717, 1.165) is 94.3 Å². The molecule has 93 heavy (non-hydrogen) atoms. The first-order chi connectivity index (χ1) is 43.7. The van der Waals surface area contributed by atoms with Crippen LogP contribution < -0.4 is 0 Å². The zero-order valence-corrected chi connectivity index (χ0v) is 58.6. The zero-order valence-electron chi connectivity index (χ0n) is 58.6. The molecule has 0 aromatic heterocycles. The molecule has 518 valence electrons. The molecule has 2 amide bonds. The standard InChI is InChI=1S/C17H26O2.C16H24O2.C14H20O3.C12H20O2.C10H13NO2.C8H12O4/c1-10(2)16(18)19-17(11(3)4)14-6-12-5-13(8-14)9-15(17)7-12;1-4-16(18-15(17)10(2)3)13-6-11-5-12(8-13)9-14(16)7-11;1-9(2)12(15)17-14-6-10-3-11(7-14)5-13(16,4-10)8-14;1-4-12(8-6-5-7-9-12)14-11(13)10(2)3;1-6(2)9(12)11-8-5-3-4-7(8)10(11)13;1-5(2)7(9)12-6-3-4-11-8(6)10/h11-15H,1,5-9H2,2-4H3;11-14H,2,4-9H2,1,3H3;10-11,16H,1,3-8H2,2H3;2,4-9H2,1,3H3;7-8H,1,3-5H2,2H3;5-6H,3-4H2,1-2H3. The minimum absolute atomic E-state index is 0.00972. The first-order valence-electron chi connectivity index (χ1n) is 35.9. The van der Waals surface area contributed by atoms with Gasteiger partial charge in [0.15, 0.2) is 0 Å². The molecule has 16 aliphatic rings. The van der Waals surface area contributed by atoms with E-state index < -0.39 is 23.3 Å². The highest BCUT2D eigenvalue weighted by molar-refractivity contribution is 6.08. The summed E-state index contributed by atoms with van der Waals surface area (Å²) in [6.45, 7) is 39.4. The Morgan fingerprint density at radius 3 is 1.43 bits per heavy atom. The van der Waals surface area contributed by atoms with E-state index in [4.69, 9.17) is 23.7 Å². The number of esters is 6. The summed E-state index contributed by atoms with van der Waals surface area (Å²) in [5.74, 6) is 5.64. The predicted molar refractivity (Wildman–Crippen MR) is 355 cm³/mol. The molecule has 16 nitrogen and oxygen atoms in total. The number of likely N-dealkylation sites (tertiary alicyclic amines) is 1. The molecule has 5 unspecified atom stereocenters. The molecule has 12 bridgehead atoms. The van der Waals surface area contributed by atoms with Gasteiger partial charge in [-0.15, -0.1) is 0 Å². The second-order valence-electron chi connectivity index (χ2n) is 32.0. The summed E-state index contributed by atoms with van der Waals surface area (Å²) in [5, 5.41) is 10.5. The Hall–Kier alpha value is -5.38. The maximum atomic E-state index is 12.1. The summed E-state index contributed by atoms with van der Waals surface area (Å²) in [4.78, 5) is 93.5. The van der Waals surface area contributed by atoms with Crippen LogP contribution in [-0.2, 0) is 66.8 Å². The van der Waals surface area contributed by atoms with Crippen LogP contribution in [0.1, 0.15) is 250 Å². The molecule has 2 saturated heterocycles. The Balaban J connectivity index is 0.000000145. The van der Waals surface area contributed by atoms with Crippen LogP contribution in [-0.4, -0.2) is 104 Å². The number of hydrogen-bond donors (Lipinski definition) is 1. The van der Waals surface area contributed by atoms with Gasteiger partial charge in [0.25, 0.3) is 5.91 Å². The van der Waals surface area contributed by atoms with Gasteiger partial charge >= 0.3 is 35.8 Å². The van der Waals surface area contributed by atoms with Crippen molar-refractivity contribution in [3.8, 4) is 0 Å². The van der Waals surface area contributed by atoms with Gasteiger partial charge in [-0.25, -0.2) is 24.0 Å². The van der Waals surface area contributed by atoms with Crippen LogP contribution >= 0.6 is 0 Å². The second kappa shape index (κ2) is 29.9. The summed E-state index contributed by atoms with van der Waals surface area (Å²) in [6.07, 6.45) is 29.0. The average molecular weight is 1290 g/mol. The van der Waals surface area contributed by atoms with Crippen LogP contribution in [0.2, 0.25) is 0 Å². The summed E-state index contributed by atoms with van der Waals surface area (Å²) in [6, 6.07) is 0.191. The van der Waals surface area contributed by atoms with E-state index in [2.05, 4.69) is 65.3 Å². The van der Waals surface area contributed by atoms with Crippen LogP contribution in [0.4, 0.5) is 0 Å². The van der Waals surface area contributed by atoms with Crippen LogP contribution in [0.25, 0.3) is 0 Å². The number of carbonyl (C=O) groups excluding carboxylic acids is 8. The molecule has 16 fully saturated rings. The Bertz CT molecular complexity index is 2800. The number of fused-ring (bicyclic) bond motifs is 1. The summed E-state index contributed by atoms with van der Waals surface area (Å²) >= 11 is 0. The molecular formula is C77H115NO15. The number of rotatable bonds is 14. The van der Waals surface area contributed by atoms with Gasteiger partial charge < -0.3 is 33.5 Å². The van der Waals surface area contributed by atoms with Crippen molar-refractivity contribution >= 4 is 47.6 Å². The van der Waals surface area contributed by atoms with Crippen LogP contribution in [0.3, 0.4) is 0 Å². The van der Waals surface area contributed by atoms with Gasteiger partial charge in [0, 0.05) is 40.7 Å². The van der Waals surface area contributed by atoms with E-state index in [9.17, 15) is 43.5 Å². The lowest BCUT2D eigenvalue weighted by molar-refractivity contribution is -0.221. The van der Waals surface area contributed by atoms with Gasteiger partial charge in [-0.05, 0) is 247 Å². The van der Waals surface area contributed by atoms with Crippen LogP contribution in [0.15, 0.2) is 60.8 Å². The summed E-state index contributed by atoms with van der Waals surface area (Å²) < 4.78 is 32.8. The molecular weight excluding hydrogens is 1180 g/mol. The third-order valence-electron chi connectivity index (χ3n) is 23.9. The molecule has 0 spiro atoms. The van der Waals surface area contributed by atoms with Crippen LogP contribution in [0.5, 0.6) is 0 Å². The topological polar surface area (TPSA) is 215 Å². The Morgan fingerprint density at radius 2 is 1.01 bits per heavy atom. The van der Waals surface area contributed by atoms with E-state index in [1.165, 1.54) is 94.8 Å². The minimum atomic E-state index is -0.667. The lowest BCUT2D eigenvalue weighted by Crippen LogP contribution is -2.62. The Kier molecular flexibility index (Phi) is 23.6. The first kappa shape index (κ1) is 73.4. The summed E-state index contributed by atoms with van der Waals surface area (Å²) in [5.41, 5.74) is 0.968. The molecule has 2 heterocycles. The van der Waals surface area contributed by atoms with E-state index in [1.807, 2.05) is 0 Å². The third kappa shape index (κ3) is 16.4. The van der Waals surface area contributed by atoms with Gasteiger partial charge in [-0.2, -0.15) is 0 Å². The van der Waals surface area contributed by atoms with E-state index >= 15 is 0 Å². The van der Waals surface area contributed by atoms with Crippen molar-refractivity contribution in [2.75, 3.05) is 6.61 Å². The minimum Gasteiger partial charge on any atom is -0.463 e. The quantitative estimate of drug-likeness (QED) is 0.0741. The second-order valence-corrected chi connectivity index (χ2v) is 32.0. The maximum absolute atomic E-state index is 12.1. The van der Waals surface area contributed by atoms with Gasteiger partial charge in [0.1, 0.15) is 22.4 Å². The SMILES string of the molecule is C=C(C)C(=O)N1C(=O)C2CCCC21.C=C(C)C(=O)OC1(C(C)C)C2CC3CC(C2)CC1C3.C=C(C)C(=O)OC1(CC)C2CC3CC(C2)CC1C3.C=C(C)C(=O)OC1(CC)CCCCC1.C=C(C)C(=O)OC12CC3CC(CC(O)(C3)C1)C2.CC(C)C(=O)OC1CCOC1=O. The molecule has 0 aromatic rings.